The minimum absolute atomic E-state index is 0.0598. The van der Waals surface area contributed by atoms with Gasteiger partial charge in [-0.1, -0.05) is 56.9 Å². The highest BCUT2D eigenvalue weighted by molar-refractivity contribution is 5.83. The van der Waals surface area contributed by atoms with Crippen molar-refractivity contribution in [2.24, 2.45) is 5.92 Å². The van der Waals surface area contributed by atoms with Gasteiger partial charge < -0.3 is 4.74 Å². The molecule has 0 aromatic heterocycles. The van der Waals surface area contributed by atoms with E-state index < -0.39 is 5.41 Å². The fourth-order valence-corrected chi connectivity index (χ4v) is 5.37. The topological polar surface area (TPSA) is 29.5 Å². The van der Waals surface area contributed by atoms with Gasteiger partial charge in [0.2, 0.25) is 0 Å². The molecule has 0 N–H and O–H groups in total. The number of hydrogen-bond donors (Lipinski definition) is 0. The largest absolute Gasteiger partial charge is 0.460 e. The van der Waals surface area contributed by atoms with Gasteiger partial charge in [0.25, 0.3) is 0 Å². The van der Waals surface area contributed by atoms with E-state index in [4.69, 9.17) is 4.74 Å². The van der Waals surface area contributed by atoms with E-state index in [0.29, 0.717) is 5.92 Å². The molecule has 3 heterocycles. The van der Waals surface area contributed by atoms with Gasteiger partial charge in [-0.15, -0.1) is 0 Å². The van der Waals surface area contributed by atoms with Crippen molar-refractivity contribution in [3.63, 3.8) is 0 Å². The van der Waals surface area contributed by atoms with Gasteiger partial charge in [-0.05, 0) is 62.2 Å². The average Bonchev–Trinajstić information content (AvgIpc) is 2.70. The summed E-state index contributed by atoms with van der Waals surface area (Å²) in [6.45, 7) is 5.53. The molecule has 0 spiro atoms. The molecule has 3 nitrogen and oxygen atoms in total. The van der Waals surface area contributed by atoms with Crippen LogP contribution in [0.4, 0.5) is 0 Å². The smallest absolute Gasteiger partial charge is 0.316 e. The zero-order valence-corrected chi connectivity index (χ0v) is 16.2. The minimum atomic E-state index is -0.409. The molecule has 1 atom stereocenters. The third-order valence-electron chi connectivity index (χ3n) is 6.97. The fraction of sp³-hybridized carbons (Fsp3) is 0.696. The molecule has 1 aliphatic carbocycles. The van der Waals surface area contributed by atoms with Gasteiger partial charge in [0.15, 0.2) is 0 Å². The monoisotopic (exact) mass is 355 g/mol. The lowest BCUT2D eigenvalue weighted by atomic mass is 9.69. The van der Waals surface area contributed by atoms with Crippen LogP contribution in [0.5, 0.6) is 0 Å². The maximum Gasteiger partial charge on any atom is 0.316 e. The number of aryl methyl sites for hydroxylation is 1. The molecule has 3 aliphatic heterocycles. The Hall–Kier alpha value is -1.35. The van der Waals surface area contributed by atoms with Crippen molar-refractivity contribution in [1.29, 1.82) is 0 Å². The van der Waals surface area contributed by atoms with Crippen LogP contribution in [0.3, 0.4) is 0 Å². The number of rotatable bonds is 5. The van der Waals surface area contributed by atoms with E-state index in [9.17, 15) is 4.79 Å². The molecule has 3 saturated heterocycles. The first-order chi connectivity index (χ1) is 12.7. The van der Waals surface area contributed by atoms with Crippen LogP contribution in [-0.4, -0.2) is 36.6 Å². The lowest BCUT2D eigenvalue weighted by Gasteiger charge is -2.45. The van der Waals surface area contributed by atoms with Crippen molar-refractivity contribution < 1.29 is 9.53 Å². The van der Waals surface area contributed by atoms with E-state index >= 15 is 0 Å². The van der Waals surface area contributed by atoms with E-state index in [1.54, 1.807) is 0 Å². The van der Waals surface area contributed by atoms with E-state index in [1.165, 1.54) is 43.5 Å². The number of piperidine rings is 3. The van der Waals surface area contributed by atoms with Crippen LogP contribution in [0, 0.1) is 5.92 Å². The summed E-state index contributed by atoms with van der Waals surface area (Å²) in [4.78, 5) is 16.0. The molecular weight excluding hydrogens is 322 g/mol. The van der Waals surface area contributed by atoms with Crippen molar-refractivity contribution >= 4 is 5.97 Å². The standard InChI is InChI=1S/C23H33NO2/c1-2-7-18-8-6-9-20(16-18)23(12-4-3-5-13-23)22(25)26-21-17-24-14-10-19(21)11-15-24/h6,8-9,16,19,21H,2-5,7,10-15,17H2,1H3/t21-/m0/s1. The molecule has 1 saturated carbocycles. The Labute approximate surface area is 158 Å². The highest BCUT2D eigenvalue weighted by atomic mass is 16.5. The third kappa shape index (κ3) is 3.43. The maximum absolute atomic E-state index is 13.5. The first-order valence-corrected chi connectivity index (χ1v) is 10.7. The second kappa shape index (κ2) is 7.72. The van der Waals surface area contributed by atoms with E-state index in [-0.39, 0.29) is 12.1 Å². The highest BCUT2D eigenvalue weighted by Gasteiger charge is 2.45. The van der Waals surface area contributed by atoms with Crippen LogP contribution in [0.15, 0.2) is 24.3 Å². The minimum Gasteiger partial charge on any atom is -0.460 e. The van der Waals surface area contributed by atoms with Crippen molar-refractivity contribution in [2.75, 3.05) is 19.6 Å². The number of hydrogen-bond acceptors (Lipinski definition) is 3. The molecule has 2 bridgehead atoms. The quantitative estimate of drug-likeness (QED) is 0.730. The molecule has 1 aromatic rings. The predicted molar refractivity (Wildman–Crippen MR) is 104 cm³/mol. The molecule has 1 aromatic carbocycles. The van der Waals surface area contributed by atoms with Gasteiger partial charge >= 0.3 is 5.97 Å². The van der Waals surface area contributed by atoms with Gasteiger partial charge in [-0.25, -0.2) is 0 Å². The summed E-state index contributed by atoms with van der Waals surface area (Å²) in [6.07, 6.45) is 10.1. The predicted octanol–water partition coefficient (Wildman–Crippen LogP) is 4.48. The fourth-order valence-electron chi connectivity index (χ4n) is 5.37. The summed E-state index contributed by atoms with van der Waals surface area (Å²) < 4.78 is 6.24. The van der Waals surface area contributed by atoms with Crippen LogP contribution in [-0.2, 0) is 21.4 Å². The molecule has 0 unspecified atom stereocenters. The third-order valence-corrected chi connectivity index (χ3v) is 6.97. The number of benzene rings is 1. The van der Waals surface area contributed by atoms with Crippen LogP contribution in [0.25, 0.3) is 0 Å². The zero-order chi connectivity index (χ0) is 18.0. The molecular formula is C23H33NO2. The van der Waals surface area contributed by atoms with Crippen LogP contribution in [0.1, 0.15) is 69.4 Å². The van der Waals surface area contributed by atoms with Crippen LogP contribution < -0.4 is 0 Å². The van der Waals surface area contributed by atoms with Crippen LogP contribution in [0.2, 0.25) is 0 Å². The molecule has 5 rings (SSSR count). The number of esters is 1. The number of fused-ring (bicyclic) bond motifs is 3. The Morgan fingerprint density at radius 1 is 1.19 bits per heavy atom. The second-order valence-corrected chi connectivity index (χ2v) is 8.67. The Balaban J connectivity index is 1.57. The molecule has 0 amide bonds. The van der Waals surface area contributed by atoms with Gasteiger partial charge in [0.1, 0.15) is 6.10 Å². The molecule has 4 fully saturated rings. The SMILES string of the molecule is CCCc1cccc(C2(C(=O)O[C@H]3CN4CCC3CC4)CCCCC2)c1. The lowest BCUT2D eigenvalue weighted by molar-refractivity contribution is -0.167. The van der Waals surface area contributed by atoms with Gasteiger partial charge in [-0.2, -0.15) is 0 Å². The first-order valence-electron chi connectivity index (χ1n) is 10.7. The summed E-state index contributed by atoms with van der Waals surface area (Å²) >= 11 is 0. The van der Waals surface area contributed by atoms with Crippen LogP contribution >= 0.6 is 0 Å². The Morgan fingerprint density at radius 3 is 2.62 bits per heavy atom. The Kier molecular flexibility index (Phi) is 5.35. The van der Waals surface area contributed by atoms with Gasteiger partial charge in [0, 0.05) is 6.54 Å². The molecule has 0 radical (unpaired) electrons. The molecule has 142 valence electrons. The molecule has 26 heavy (non-hydrogen) atoms. The molecule has 4 aliphatic rings. The van der Waals surface area contributed by atoms with E-state index in [1.807, 2.05) is 0 Å². The number of carbonyl (C=O) groups is 1. The van der Waals surface area contributed by atoms with E-state index in [2.05, 4.69) is 36.1 Å². The Morgan fingerprint density at radius 2 is 1.96 bits per heavy atom. The van der Waals surface area contributed by atoms with Crippen molar-refractivity contribution in [3.05, 3.63) is 35.4 Å². The maximum atomic E-state index is 13.5. The van der Waals surface area contributed by atoms with Crippen molar-refractivity contribution in [3.8, 4) is 0 Å². The highest BCUT2D eigenvalue weighted by Crippen LogP contribution is 2.42. The lowest BCUT2D eigenvalue weighted by Crippen LogP contribution is -2.53. The summed E-state index contributed by atoms with van der Waals surface area (Å²) in [5, 5.41) is 0. The van der Waals surface area contributed by atoms with Crippen molar-refractivity contribution in [2.45, 2.75) is 76.2 Å². The first kappa shape index (κ1) is 18.0. The Bertz CT molecular complexity index is 627. The zero-order valence-electron chi connectivity index (χ0n) is 16.2. The number of carbonyl (C=O) groups excluding carboxylic acids is 1. The summed E-state index contributed by atoms with van der Waals surface area (Å²) in [5.41, 5.74) is 2.15. The summed E-state index contributed by atoms with van der Waals surface area (Å²) in [7, 11) is 0. The average molecular weight is 356 g/mol. The summed E-state index contributed by atoms with van der Waals surface area (Å²) in [5.74, 6) is 0.639. The number of ether oxygens (including phenoxy) is 1. The van der Waals surface area contributed by atoms with E-state index in [0.717, 1.165) is 45.1 Å². The molecule has 3 heteroatoms. The van der Waals surface area contributed by atoms with Gasteiger partial charge in [0.05, 0.1) is 5.41 Å². The normalized spacial score (nSPS) is 30.1. The van der Waals surface area contributed by atoms with Gasteiger partial charge in [-0.3, -0.25) is 9.69 Å². The summed E-state index contributed by atoms with van der Waals surface area (Å²) in [6, 6.07) is 8.79. The number of nitrogens with zero attached hydrogens (tertiary/aromatic N) is 1. The van der Waals surface area contributed by atoms with Crippen molar-refractivity contribution in [1.82, 2.24) is 4.90 Å². The second-order valence-electron chi connectivity index (χ2n) is 8.67.